The molecule has 114 valence electrons. The lowest BCUT2D eigenvalue weighted by Crippen LogP contribution is -2.47. The van der Waals surface area contributed by atoms with Crippen LogP contribution in [0.25, 0.3) is 0 Å². The molecule has 0 aliphatic carbocycles. The fraction of sp³-hybridized carbons (Fsp3) is 0.308. The standard InChI is InChI=1S/C13H14Cl2N2O4/c1-7(18)21-6-12(19)17-11(13(16)20)4-8-2-3-9(14)5-10(8)15/h2-3,5,11H,4,6H2,1H3,(H2,16,20)(H,17,19)/t11-/m0/s1. The molecule has 1 atom stereocenters. The highest BCUT2D eigenvalue weighted by Crippen LogP contribution is 2.22. The van der Waals surface area contributed by atoms with Crippen molar-refractivity contribution < 1.29 is 19.1 Å². The zero-order valence-electron chi connectivity index (χ0n) is 11.2. The van der Waals surface area contributed by atoms with Crippen molar-refractivity contribution in [2.75, 3.05) is 6.61 Å². The van der Waals surface area contributed by atoms with Crippen molar-refractivity contribution in [2.45, 2.75) is 19.4 Å². The number of nitrogens with one attached hydrogen (secondary N) is 1. The number of hydrogen-bond donors (Lipinski definition) is 2. The molecular weight excluding hydrogens is 319 g/mol. The predicted octanol–water partition coefficient (Wildman–Crippen LogP) is 1.07. The van der Waals surface area contributed by atoms with E-state index in [4.69, 9.17) is 28.9 Å². The molecule has 0 heterocycles. The van der Waals surface area contributed by atoms with Gasteiger partial charge in [-0.3, -0.25) is 14.4 Å². The third-order valence-corrected chi connectivity index (χ3v) is 3.11. The Bertz CT molecular complexity index is 563. The first-order valence-electron chi connectivity index (χ1n) is 5.95. The second-order valence-electron chi connectivity index (χ2n) is 4.24. The number of carbonyl (C=O) groups is 3. The summed E-state index contributed by atoms with van der Waals surface area (Å²) in [5.41, 5.74) is 5.85. The minimum atomic E-state index is -0.966. The molecule has 0 spiro atoms. The molecule has 0 saturated carbocycles. The van der Waals surface area contributed by atoms with Crippen LogP contribution in [0.3, 0.4) is 0 Å². The van der Waals surface area contributed by atoms with E-state index in [1.165, 1.54) is 13.0 Å². The topological polar surface area (TPSA) is 98.5 Å². The molecule has 0 unspecified atom stereocenters. The molecule has 6 nitrogen and oxygen atoms in total. The molecule has 2 amide bonds. The minimum absolute atomic E-state index is 0.108. The quantitative estimate of drug-likeness (QED) is 0.761. The van der Waals surface area contributed by atoms with Gasteiger partial charge in [0.25, 0.3) is 5.91 Å². The lowest BCUT2D eigenvalue weighted by molar-refractivity contribution is -0.146. The van der Waals surface area contributed by atoms with E-state index in [9.17, 15) is 14.4 Å². The van der Waals surface area contributed by atoms with E-state index >= 15 is 0 Å². The monoisotopic (exact) mass is 332 g/mol. The van der Waals surface area contributed by atoms with Gasteiger partial charge in [0.05, 0.1) is 0 Å². The highest BCUT2D eigenvalue weighted by molar-refractivity contribution is 6.35. The van der Waals surface area contributed by atoms with Crippen molar-refractivity contribution in [3.8, 4) is 0 Å². The van der Waals surface area contributed by atoms with E-state index < -0.39 is 30.4 Å². The molecule has 0 radical (unpaired) electrons. The van der Waals surface area contributed by atoms with Gasteiger partial charge in [-0.05, 0) is 17.7 Å². The number of hydrogen-bond acceptors (Lipinski definition) is 4. The zero-order chi connectivity index (χ0) is 16.0. The summed E-state index contributed by atoms with van der Waals surface area (Å²) in [4.78, 5) is 33.5. The number of benzene rings is 1. The summed E-state index contributed by atoms with van der Waals surface area (Å²) in [6.45, 7) is 0.694. The van der Waals surface area contributed by atoms with Crippen molar-refractivity contribution >= 4 is 41.0 Å². The van der Waals surface area contributed by atoms with Crippen LogP contribution in [0, 0.1) is 0 Å². The average molecular weight is 333 g/mol. The first-order chi connectivity index (χ1) is 9.79. The number of amides is 2. The van der Waals surface area contributed by atoms with Gasteiger partial charge >= 0.3 is 5.97 Å². The maximum absolute atomic E-state index is 11.5. The van der Waals surface area contributed by atoms with E-state index in [0.29, 0.717) is 15.6 Å². The van der Waals surface area contributed by atoms with Gasteiger partial charge < -0.3 is 15.8 Å². The van der Waals surface area contributed by atoms with Gasteiger partial charge in [-0.25, -0.2) is 0 Å². The number of nitrogens with two attached hydrogens (primary N) is 1. The Hall–Kier alpha value is -1.79. The van der Waals surface area contributed by atoms with Crippen LogP contribution in [-0.4, -0.2) is 30.4 Å². The van der Waals surface area contributed by atoms with Crippen LogP contribution in [0.4, 0.5) is 0 Å². The van der Waals surface area contributed by atoms with Gasteiger partial charge in [0.2, 0.25) is 5.91 Å². The Morgan fingerprint density at radius 2 is 2.00 bits per heavy atom. The molecule has 0 aliphatic heterocycles. The Morgan fingerprint density at radius 3 is 2.52 bits per heavy atom. The second kappa shape index (κ2) is 7.85. The fourth-order valence-corrected chi connectivity index (χ4v) is 2.02. The van der Waals surface area contributed by atoms with E-state index in [0.717, 1.165) is 0 Å². The average Bonchev–Trinajstić information content (AvgIpc) is 2.38. The Kier molecular flexibility index (Phi) is 6.45. The Balaban J connectivity index is 2.71. The summed E-state index contributed by atoms with van der Waals surface area (Å²) in [6, 6.07) is 3.81. The van der Waals surface area contributed by atoms with E-state index in [-0.39, 0.29) is 6.42 Å². The Morgan fingerprint density at radius 1 is 1.33 bits per heavy atom. The number of rotatable bonds is 6. The van der Waals surface area contributed by atoms with Gasteiger partial charge in [0.15, 0.2) is 6.61 Å². The molecule has 8 heteroatoms. The molecule has 3 N–H and O–H groups in total. The molecular formula is C13H14Cl2N2O4. The maximum atomic E-state index is 11.5. The van der Waals surface area contributed by atoms with Crippen LogP contribution >= 0.6 is 23.2 Å². The number of halogens is 2. The van der Waals surface area contributed by atoms with Crippen LogP contribution in [-0.2, 0) is 25.5 Å². The van der Waals surface area contributed by atoms with Crippen molar-refractivity contribution in [3.05, 3.63) is 33.8 Å². The van der Waals surface area contributed by atoms with Gasteiger partial charge in [-0.2, -0.15) is 0 Å². The van der Waals surface area contributed by atoms with E-state index in [2.05, 4.69) is 10.1 Å². The largest absolute Gasteiger partial charge is 0.456 e. The molecule has 0 fully saturated rings. The summed E-state index contributed by atoms with van der Waals surface area (Å²) < 4.78 is 4.53. The van der Waals surface area contributed by atoms with E-state index in [1.54, 1.807) is 12.1 Å². The van der Waals surface area contributed by atoms with Crippen molar-refractivity contribution in [1.29, 1.82) is 0 Å². The molecule has 1 rings (SSSR count). The lowest BCUT2D eigenvalue weighted by atomic mass is 10.1. The predicted molar refractivity (Wildman–Crippen MR) is 77.9 cm³/mol. The third-order valence-electron chi connectivity index (χ3n) is 2.52. The molecule has 0 aliphatic rings. The van der Waals surface area contributed by atoms with Crippen LogP contribution in [0.5, 0.6) is 0 Å². The van der Waals surface area contributed by atoms with Gasteiger partial charge in [0.1, 0.15) is 6.04 Å². The normalized spacial score (nSPS) is 11.6. The first-order valence-corrected chi connectivity index (χ1v) is 6.71. The molecule has 1 aromatic rings. The number of ether oxygens (including phenoxy) is 1. The summed E-state index contributed by atoms with van der Waals surface area (Å²) in [5.74, 6) is -1.95. The highest BCUT2D eigenvalue weighted by atomic mass is 35.5. The number of primary amides is 1. The van der Waals surface area contributed by atoms with E-state index in [1.807, 2.05) is 0 Å². The Labute approximate surface area is 131 Å². The van der Waals surface area contributed by atoms with Gasteiger partial charge in [0, 0.05) is 23.4 Å². The van der Waals surface area contributed by atoms with Crippen LogP contribution in [0.2, 0.25) is 10.0 Å². The SMILES string of the molecule is CC(=O)OCC(=O)N[C@@H](Cc1ccc(Cl)cc1Cl)C(N)=O. The van der Waals surface area contributed by atoms with Crippen molar-refractivity contribution in [2.24, 2.45) is 5.73 Å². The first kappa shape index (κ1) is 17.3. The summed E-state index contributed by atoms with van der Waals surface area (Å²) in [6.07, 6.45) is 0.108. The maximum Gasteiger partial charge on any atom is 0.303 e. The van der Waals surface area contributed by atoms with Crippen molar-refractivity contribution in [3.63, 3.8) is 0 Å². The number of esters is 1. The second-order valence-corrected chi connectivity index (χ2v) is 5.09. The van der Waals surface area contributed by atoms with Gasteiger partial charge in [-0.1, -0.05) is 29.3 Å². The molecule has 0 aromatic heterocycles. The summed E-state index contributed by atoms with van der Waals surface area (Å²) >= 11 is 11.8. The van der Waals surface area contributed by atoms with Crippen molar-refractivity contribution in [1.82, 2.24) is 5.32 Å². The van der Waals surface area contributed by atoms with Gasteiger partial charge in [-0.15, -0.1) is 0 Å². The number of carbonyl (C=O) groups excluding carboxylic acids is 3. The summed E-state index contributed by atoms with van der Waals surface area (Å²) in [7, 11) is 0. The molecule has 21 heavy (non-hydrogen) atoms. The smallest absolute Gasteiger partial charge is 0.303 e. The van der Waals surface area contributed by atoms with Crippen LogP contribution < -0.4 is 11.1 Å². The summed E-state index contributed by atoms with van der Waals surface area (Å²) in [5, 5.41) is 3.20. The highest BCUT2D eigenvalue weighted by Gasteiger charge is 2.20. The molecule has 0 saturated heterocycles. The van der Waals surface area contributed by atoms with Crippen LogP contribution in [0.1, 0.15) is 12.5 Å². The third kappa shape index (κ3) is 6.01. The zero-order valence-corrected chi connectivity index (χ0v) is 12.7. The van der Waals surface area contributed by atoms with Crippen LogP contribution in [0.15, 0.2) is 18.2 Å². The lowest BCUT2D eigenvalue weighted by Gasteiger charge is -2.16. The fourth-order valence-electron chi connectivity index (χ4n) is 1.53. The molecule has 1 aromatic carbocycles. The minimum Gasteiger partial charge on any atom is -0.456 e. The molecule has 0 bridgehead atoms.